The number of rotatable bonds is 10. The summed E-state index contributed by atoms with van der Waals surface area (Å²) >= 11 is 0. The second-order valence-corrected chi connectivity index (χ2v) is 12.8. The molecule has 0 aliphatic carbocycles. The van der Waals surface area contributed by atoms with Gasteiger partial charge in [0.15, 0.2) is 0 Å². The minimum absolute atomic E-state index is 0.0324. The predicted molar refractivity (Wildman–Crippen MR) is 154 cm³/mol. The summed E-state index contributed by atoms with van der Waals surface area (Å²) in [6, 6.07) is 16.2. The van der Waals surface area contributed by atoms with Crippen molar-refractivity contribution in [2.45, 2.75) is 105 Å². The lowest BCUT2D eigenvalue weighted by atomic mass is 9.92. The Morgan fingerprint density at radius 3 is 1.73 bits per heavy atom. The fraction of sp³-hybridized carbons (Fsp3) is 0.531. The predicted octanol–water partition coefficient (Wildman–Crippen LogP) is 6.39. The first-order valence-corrected chi connectivity index (χ1v) is 13.6. The molecule has 2 aromatic carbocycles. The first kappa shape index (κ1) is 32.7. The van der Waals surface area contributed by atoms with E-state index < -0.39 is 46.8 Å². The maximum absolute atomic E-state index is 13.3. The Kier molecular flexibility index (Phi) is 11.2. The van der Waals surface area contributed by atoms with Gasteiger partial charge in [0.25, 0.3) is 0 Å². The quantitative estimate of drug-likeness (QED) is 0.268. The molecular weight excluding hydrogens is 510 g/mol. The smallest absolute Gasteiger partial charge is 0.408 e. The van der Waals surface area contributed by atoms with E-state index in [0.29, 0.717) is 12.4 Å². The second-order valence-electron chi connectivity index (χ2n) is 12.8. The molecule has 2 atom stereocenters. The van der Waals surface area contributed by atoms with E-state index in [-0.39, 0.29) is 12.8 Å². The average molecular weight is 556 g/mol. The molecule has 0 heterocycles. The van der Waals surface area contributed by atoms with Crippen LogP contribution in [0.1, 0.15) is 79.9 Å². The third-order valence-corrected chi connectivity index (χ3v) is 5.30. The van der Waals surface area contributed by atoms with E-state index in [9.17, 15) is 14.4 Å². The van der Waals surface area contributed by atoms with Gasteiger partial charge in [0.05, 0.1) is 5.92 Å². The highest BCUT2D eigenvalue weighted by molar-refractivity contribution is 5.83. The normalized spacial score (nSPS) is 13.5. The average Bonchev–Trinajstić information content (AvgIpc) is 2.80. The molecule has 1 amide bonds. The molecule has 2 aromatic rings. The molecule has 40 heavy (non-hydrogen) atoms. The van der Waals surface area contributed by atoms with Crippen LogP contribution in [0, 0.1) is 5.92 Å². The number of nitrogens with one attached hydrogen (secondary N) is 1. The molecule has 0 saturated heterocycles. The molecule has 2 rings (SSSR count). The maximum atomic E-state index is 13.3. The summed E-state index contributed by atoms with van der Waals surface area (Å²) in [4.78, 5) is 39.0. The highest BCUT2D eigenvalue weighted by Crippen LogP contribution is 2.24. The Hall–Kier alpha value is -3.55. The minimum Gasteiger partial charge on any atom is -0.489 e. The molecule has 0 bridgehead atoms. The van der Waals surface area contributed by atoms with Gasteiger partial charge in [0, 0.05) is 0 Å². The van der Waals surface area contributed by atoms with Gasteiger partial charge in [-0.3, -0.25) is 4.79 Å². The Morgan fingerprint density at radius 2 is 1.20 bits per heavy atom. The van der Waals surface area contributed by atoms with Gasteiger partial charge in [-0.05, 0) is 98.4 Å². The van der Waals surface area contributed by atoms with Crippen molar-refractivity contribution in [1.29, 1.82) is 0 Å². The highest BCUT2D eigenvalue weighted by atomic mass is 16.6. The largest absolute Gasteiger partial charge is 0.489 e. The number of hydrogen-bond acceptors (Lipinski definition) is 7. The van der Waals surface area contributed by atoms with Crippen LogP contribution in [0.2, 0.25) is 0 Å². The molecule has 0 aliphatic rings. The van der Waals surface area contributed by atoms with Crippen LogP contribution in [0.25, 0.3) is 0 Å². The molecule has 0 aromatic heterocycles. The molecule has 0 spiro atoms. The number of hydrogen-bond donors (Lipinski definition) is 1. The molecule has 1 N–H and O–H groups in total. The van der Waals surface area contributed by atoms with Crippen molar-refractivity contribution in [1.82, 2.24) is 5.32 Å². The summed E-state index contributed by atoms with van der Waals surface area (Å²) in [6.45, 7) is 16.2. The van der Waals surface area contributed by atoms with Gasteiger partial charge in [0.2, 0.25) is 0 Å². The number of benzene rings is 2. The first-order valence-electron chi connectivity index (χ1n) is 13.6. The highest BCUT2D eigenvalue weighted by Gasteiger charge is 2.35. The molecule has 0 saturated carbocycles. The van der Waals surface area contributed by atoms with Crippen molar-refractivity contribution in [3.05, 3.63) is 65.7 Å². The van der Waals surface area contributed by atoms with Crippen molar-refractivity contribution in [3.63, 3.8) is 0 Å². The lowest BCUT2D eigenvalue weighted by molar-refractivity contribution is -0.162. The fourth-order valence-electron chi connectivity index (χ4n) is 3.72. The van der Waals surface area contributed by atoms with Crippen LogP contribution < -0.4 is 10.1 Å². The van der Waals surface area contributed by atoms with Gasteiger partial charge in [-0.2, -0.15) is 0 Å². The van der Waals surface area contributed by atoms with Crippen molar-refractivity contribution in [2.24, 2.45) is 5.92 Å². The van der Waals surface area contributed by atoms with E-state index >= 15 is 0 Å². The summed E-state index contributed by atoms with van der Waals surface area (Å²) in [6.07, 6.45) is -0.524. The van der Waals surface area contributed by atoms with Gasteiger partial charge >= 0.3 is 18.0 Å². The third-order valence-electron chi connectivity index (χ3n) is 5.30. The maximum Gasteiger partial charge on any atom is 0.408 e. The van der Waals surface area contributed by atoms with E-state index in [2.05, 4.69) is 5.32 Å². The van der Waals surface area contributed by atoms with Gasteiger partial charge < -0.3 is 24.3 Å². The van der Waals surface area contributed by atoms with Crippen LogP contribution in [0.5, 0.6) is 5.75 Å². The van der Waals surface area contributed by atoms with Crippen LogP contribution >= 0.6 is 0 Å². The Labute approximate surface area is 238 Å². The van der Waals surface area contributed by atoms with Crippen molar-refractivity contribution in [2.75, 3.05) is 0 Å². The molecule has 0 fully saturated rings. The second kappa shape index (κ2) is 13.7. The van der Waals surface area contributed by atoms with Crippen molar-refractivity contribution >= 4 is 18.0 Å². The summed E-state index contributed by atoms with van der Waals surface area (Å²) < 4.78 is 22.5. The molecule has 8 nitrogen and oxygen atoms in total. The van der Waals surface area contributed by atoms with Gasteiger partial charge in [-0.25, -0.2) is 9.59 Å². The van der Waals surface area contributed by atoms with Crippen LogP contribution in [0.15, 0.2) is 54.6 Å². The molecule has 2 unspecified atom stereocenters. The SMILES string of the molecule is CC(C)(C)OC(=O)NC(CC(Cc1ccc(OCc2ccccc2)cc1)C(=O)OC(C)(C)C)C(=O)OC(C)(C)C. The number of esters is 2. The zero-order valence-electron chi connectivity index (χ0n) is 25.3. The summed E-state index contributed by atoms with van der Waals surface area (Å²) in [7, 11) is 0. The van der Waals surface area contributed by atoms with E-state index in [0.717, 1.165) is 11.1 Å². The van der Waals surface area contributed by atoms with E-state index in [1.54, 1.807) is 62.3 Å². The van der Waals surface area contributed by atoms with E-state index in [1.807, 2.05) is 54.6 Å². The number of carbonyl (C=O) groups is 3. The standard InChI is InChI=1S/C32H45NO7/c1-30(2,3)38-27(34)24(19-22-15-17-25(18-16-22)37-21-23-13-11-10-12-14-23)20-26(28(35)39-31(4,5)6)33-29(36)40-32(7,8)9/h10-18,24,26H,19-21H2,1-9H3,(H,33,36). The Balaban J connectivity index is 2.24. The van der Waals surface area contributed by atoms with Crippen molar-refractivity contribution < 1.29 is 33.3 Å². The fourth-order valence-corrected chi connectivity index (χ4v) is 3.72. The Morgan fingerprint density at radius 1 is 0.675 bits per heavy atom. The monoisotopic (exact) mass is 555 g/mol. The molecule has 0 radical (unpaired) electrons. The van der Waals surface area contributed by atoms with Crippen LogP contribution in [-0.2, 0) is 36.8 Å². The number of alkyl carbamates (subject to hydrolysis) is 1. The Bertz CT molecular complexity index is 1110. The van der Waals surface area contributed by atoms with Gasteiger partial charge in [-0.15, -0.1) is 0 Å². The number of carbonyl (C=O) groups excluding carboxylic acids is 3. The molecule has 8 heteroatoms. The first-order chi connectivity index (χ1) is 18.4. The number of ether oxygens (including phenoxy) is 4. The molecule has 220 valence electrons. The van der Waals surface area contributed by atoms with Crippen LogP contribution in [-0.4, -0.2) is 40.9 Å². The summed E-state index contributed by atoms with van der Waals surface area (Å²) in [5, 5.41) is 2.61. The zero-order valence-corrected chi connectivity index (χ0v) is 25.3. The van der Waals surface area contributed by atoms with E-state index in [1.165, 1.54) is 0 Å². The molecular formula is C32H45NO7. The van der Waals surface area contributed by atoms with Gasteiger partial charge in [0.1, 0.15) is 35.2 Å². The topological polar surface area (TPSA) is 100 Å². The van der Waals surface area contributed by atoms with Crippen LogP contribution in [0.4, 0.5) is 4.79 Å². The third kappa shape index (κ3) is 13.0. The van der Waals surface area contributed by atoms with Crippen molar-refractivity contribution in [3.8, 4) is 5.75 Å². The summed E-state index contributed by atoms with van der Waals surface area (Å²) in [5.74, 6) is -1.18. The number of amides is 1. The minimum atomic E-state index is -1.12. The molecule has 0 aliphatic heterocycles. The van der Waals surface area contributed by atoms with Gasteiger partial charge in [-0.1, -0.05) is 42.5 Å². The lowest BCUT2D eigenvalue weighted by Crippen LogP contribution is -2.48. The summed E-state index contributed by atoms with van der Waals surface area (Å²) in [5.41, 5.74) is -0.380. The van der Waals surface area contributed by atoms with Crippen LogP contribution in [0.3, 0.4) is 0 Å². The zero-order chi connectivity index (χ0) is 30.1. The lowest BCUT2D eigenvalue weighted by Gasteiger charge is -2.29. The van der Waals surface area contributed by atoms with E-state index in [4.69, 9.17) is 18.9 Å².